The summed E-state index contributed by atoms with van der Waals surface area (Å²) in [6, 6.07) is 1.51. The van der Waals surface area contributed by atoms with E-state index in [1.165, 1.54) is 0 Å². The van der Waals surface area contributed by atoms with Crippen molar-refractivity contribution in [2.45, 2.75) is 51.6 Å². The van der Waals surface area contributed by atoms with Gasteiger partial charge in [-0.15, -0.1) is 0 Å². The zero-order valence-corrected chi connectivity index (χ0v) is 17.6. The Hall–Kier alpha value is -2.27. The molecule has 29 heavy (non-hydrogen) atoms. The van der Waals surface area contributed by atoms with Crippen molar-refractivity contribution in [2.75, 3.05) is 18.8 Å². The molecule has 11 heteroatoms. The molecule has 0 spiro atoms. The van der Waals surface area contributed by atoms with Gasteiger partial charge >= 0.3 is 0 Å². The molecule has 2 fully saturated rings. The van der Waals surface area contributed by atoms with Crippen LogP contribution in [0.4, 0.5) is 0 Å². The van der Waals surface area contributed by atoms with Crippen LogP contribution < -0.4 is 4.72 Å². The third-order valence-electron chi connectivity index (χ3n) is 6.08. The highest BCUT2D eigenvalue weighted by molar-refractivity contribution is 7.89. The van der Waals surface area contributed by atoms with Crippen LogP contribution in [-0.4, -0.2) is 64.0 Å². The summed E-state index contributed by atoms with van der Waals surface area (Å²) in [5.74, 6) is 0.998. The second kappa shape index (κ2) is 7.21. The number of likely N-dealkylation sites (tertiary alicyclic amines) is 1. The van der Waals surface area contributed by atoms with Gasteiger partial charge in [-0.2, -0.15) is 10.1 Å². The normalized spacial score (nSPS) is 26.8. The molecule has 0 aromatic carbocycles. The Balaban J connectivity index is 1.62. The van der Waals surface area contributed by atoms with E-state index in [-0.39, 0.29) is 23.6 Å². The number of aromatic nitrogens is 4. The maximum absolute atomic E-state index is 13.1. The number of rotatable bonds is 6. The van der Waals surface area contributed by atoms with Gasteiger partial charge in [-0.25, -0.2) is 13.1 Å². The van der Waals surface area contributed by atoms with Crippen LogP contribution in [-0.2, 0) is 22.0 Å². The topological polar surface area (TPSA) is 123 Å². The number of hydrogen-bond donors (Lipinski definition) is 1. The lowest BCUT2D eigenvalue weighted by atomic mass is 9.80. The Morgan fingerprint density at radius 3 is 2.86 bits per heavy atom. The fourth-order valence-corrected chi connectivity index (χ4v) is 5.57. The van der Waals surface area contributed by atoms with Crippen molar-refractivity contribution < 1.29 is 17.7 Å². The number of nitrogens with zero attached hydrogens (tertiary/aromatic N) is 5. The first kappa shape index (κ1) is 20.0. The molecule has 10 nitrogen and oxygen atoms in total. The molecule has 2 aromatic rings. The molecule has 1 N–H and O–H groups in total. The minimum Gasteiger partial charge on any atom is -0.339 e. The average molecular weight is 423 g/mol. The summed E-state index contributed by atoms with van der Waals surface area (Å²) in [5, 5.41) is 8.13. The van der Waals surface area contributed by atoms with Crippen molar-refractivity contribution in [1.29, 1.82) is 0 Å². The van der Waals surface area contributed by atoms with E-state index in [4.69, 9.17) is 4.52 Å². The minimum atomic E-state index is -3.32. The van der Waals surface area contributed by atoms with E-state index in [9.17, 15) is 13.2 Å². The maximum Gasteiger partial charge on any atom is 0.272 e. The van der Waals surface area contributed by atoms with E-state index >= 15 is 0 Å². The summed E-state index contributed by atoms with van der Waals surface area (Å²) in [5.41, 5.74) is 0.00196. The van der Waals surface area contributed by atoms with Crippen LogP contribution in [0.15, 0.2) is 16.8 Å². The SMILES string of the molecule is CCn1nccc1C(=O)N1CC2CC(NS(=O)(=O)CC)CC2(c2nc(C)no2)C1. The number of nitrogens with one attached hydrogen (secondary N) is 1. The number of fused-ring (bicyclic) bond motifs is 1. The highest BCUT2D eigenvalue weighted by Crippen LogP contribution is 2.50. The quantitative estimate of drug-likeness (QED) is 0.727. The van der Waals surface area contributed by atoms with Gasteiger partial charge < -0.3 is 9.42 Å². The molecule has 158 valence electrons. The van der Waals surface area contributed by atoms with Gasteiger partial charge in [-0.05, 0) is 45.6 Å². The smallest absolute Gasteiger partial charge is 0.272 e. The monoisotopic (exact) mass is 422 g/mol. The highest BCUT2D eigenvalue weighted by atomic mass is 32.2. The van der Waals surface area contributed by atoms with Crippen molar-refractivity contribution in [1.82, 2.24) is 29.5 Å². The summed E-state index contributed by atoms with van der Waals surface area (Å²) >= 11 is 0. The third-order valence-corrected chi connectivity index (χ3v) is 7.53. The Morgan fingerprint density at radius 2 is 2.21 bits per heavy atom. The van der Waals surface area contributed by atoms with Gasteiger partial charge in [-0.3, -0.25) is 9.48 Å². The zero-order valence-electron chi connectivity index (χ0n) is 16.8. The van der Waals surface area contributed by atoms with E-state index in [1.54, 1.807) is 35.7 Å². The lowest BCUT2D eigenvalue weighted by Crippen LogP contribution is -2.40. The van der Waals surface area contributed by atoms with Gasteiger partial charge in [0.05, 0.1) is 11.2 Å². The maximum atomic E-state index is 13.1. The first-order chi connectivity index (χ1) is 13.8. The fourth-order valence-electron chi connectivity index (χ4n) is 4.71. The predicted molar refractivity (Wildman–Crippen MR) is 104 cm³/mol. The summed E-state index contributed by atoms with van der Waals surface area (Å²) < 4.78 is 34.2. The number of carbonyl (C=O) groups excluding carboxylic acids is 1. The Kier molecular flexibility index (Phi) is 4.97. The van der Waals surface area contributed by atoms with Gasteiger partial charge in [-0.1, -0.05) is 5.16 Å². The van der Waals surface area contributed by atoms with E-state index in [1.807, 2.05) is 6.92 Å². The molecule has 3 atom stereocenters. The number of carbonyl (C=O) groups is 1. The van der Waals surface area contributed by atoms with Crippen molar-refractivity contribution >= 4 is 15.9 Å². The summed E-state index contributed by atoms with van der Waals surface area (Å²) in [7, 11) is -3.32. The van der Waals surface area contributed by atoms with Crippen molar-refractivity contribution in [3.05, 3.63) is 29.7 Å². The van der Waals surface area contributed by atoms with Gasteiger partial charge in [0.25, 0.3) is 5.91 Å². The standard InChI is InChI=1S/C18H26N6O4S/c1-4-24-15(6-7-19-24)16(25)23-10-13-8-14(22-29(26,27)5-2)9-18(13,11-23)17-20-12(3)21-28-17/h6-7,13-14,22H,4-5,8-11H2,1-3H3. The van der Waals surface area contributed by atoms with Crippen molar-refractivity contribution in [2.24, 2.45) is 5.92 Å². The van der Waals surface area contributed by atoms with Crippen LogP contribution in [0.2, 0.25) is 0 Å². The molecular weight excluding hydrogens is 396 g/mol. The predicted octanol–water partition coefficient (Wildman–Crippen LogP) is 0.706. The van der Waals surface area contributed by atoms with Crippen LogP contribution in [0.5, 0.6) is 0 Å². The first-order valence-corrected chi connectivity index (χ1v) is 11.5. The third kappa shape index (κ3) is 3.46. The lowest BCUT2D eigenvalue weighted by molar-refractivity contribution is 0.0761. The molecule has 3 heterocycles. The molecule has 2 aliphatic rings. The second-order valence-corrected chi connectivity index (χ2v) is 9.92. The number of aryl methyl sites for hydroxylation is 2. The molecule has 1 aliphatic heterocycles. The summed E-state index contributed by atoms with van der Waals surface area (Å²) in [6.07, 6.45) is 2.77. The summed E-state index contributed by atoms with van der Waals surface area (Å²) in [4.78, 5) is 19.4. The van der Waals surface area contributed by atoms with Gasteiger partial charge in [0.15, 0.2) is 5.82 Å². The molecule has 4 rings (SSSR count). The zero-order chi connectivity index (χ0) is 20.8. The van der Waals surface area contributed by atoms with E-state index in [2.05, 4.69) is 20.0 Å². The molecule has 3 unspecified atom stereocenters. The van der Waals surface area contributed by atoms with Crippen LogP contribution >= 0.6 is 0 Å². The minimum absolute atomic E-state index is 0.0342. The highest BCUT2D eigenvalue weighted by Gasteiger charge is 2.58. The molecule has 1 saturated carbocycles. The Labute approximate surface area is 169 Å². The summed E-state index contributed by atoms with van der Waals surface area (Å²) in [6.45, 7) is 6.85. The van der Waals surface area contributed by atoms with Crippen molar-refractivity contribution in [3.63, 3.8) is 0 Å². The van der Waals surface area contributed by atoms with Gasteiger partial charge in [0.2, 0.25) is 15.9 Å². The van der Waals surface area contributed by atoms with Crippen LogP contribution in [0.25, 0.3) is 0 Å². The average Bonchev–Trinajstić information content (AvgIpc) is 3.42. The van der Waals surface area contributed by atoms with E-state index in [0.29, 0.717) is 49.9 Å². The number of sulfonamides is 1. The largest absolute Gasteiger partial charge is 0.339 e. The van der Waals surface area contributed by atoms with Crippen LogP contribution in [0, 0.1) is 12.8 Å². The second-order valence-electron chi connectivity index (χ2n) is 7.88. The fraction of sp³-hybridized carbons (Fsp3) is 0.667. The van der Waals surface area contributed by atoms with Crippen molar-refractivity contribution in [3.8, 4) is 0 Å². The molecule has 0 radical (unpaired) electrons. The number of amides is 1. The molecule has 1 aliphatic carbocycles. The van der Waals surface area contributed by atoms with E-state index in [0.717, 1.165) is 0 Å². The van der Waals surface area contributed by atoms with Crippen LogP contribution in [0.1, 0.15) is 48.9 Å². The molecule has 1 amide bonds. The molecule has 2 aromatic heterocycles. The van der Waals surface area contributed by atoms with E-state index < -0.39 is 15.4 Å². The molecule has 1 saturated heterocycles. The Bertz CT molecular complexity index is 1020. The lowest BCUT2D eigenvalue weighted by Gasteiger charge is -2.25. The first-order valence-electron chi connectivity index (χ1n) is 9.90. The Morgan fingerprint density at radius 1 is 1.41 bits per heavy atom. The van der Waals surface area contributed by atoms with Gasteiger partial charge in [0.1, 0.15) is 5.69 Å². The van der Waals surface area contributed by atoms with Crippen LogP contribution in [0.3, 0.4) is 0 Å². The molecule has 0 bridgehead atoms. The molecular formula is C18H26N6O4S. The number of hydrogen-bond acceptors (Lipinski definition) is 7. The van der Waals surface area contributed by atoms with Gasteiger partial charge in [0, 0.05) is 31.9 Å².